The predicted octanol–water partition coefficient (Wildman–Crippen LogP) is 0.942. The number of amides is 1. The second-order valence-corrected chi connectivity index (χ2v) is 10.8. The molecule has 0 atom stereocenters. The van der Waals surface area contributed by atoms with E-state index in [4.69, 9.17) is 5.73 Å². The molecule has 0 fully saturated rings. The maximum absolute atomic E-state index is 12.9. The van der Waals surface area contributed by atoms with Crippen molar-refractivity contribution in [2.75, 3.05) is 19.8 Å². The van der Waals surface area contributed by atoms with Gasteiger partial charge in [-0.15, -0.1) is 5.10 Å². The van der Waals surface area contributed by atoms with Gasteiger partial charge in [0.1, 0.15) is 18.0 Å². The number of aromatic hydroxyl groups is 1. The van der Waals surface area contributed by atoms with E-state index < -0.39 is 5.91 Å². The van der Waals surface area contributed by atoms with Crippen molar-refractivity contribution >= 4 is 17.9 Å². The third kappa shape index (κ3) is 5.65. The van der Waals surface area contributed by atoms with Gasteiger partial charge in [-0.05, 0) is 38.8 Å². The normalized spacial score (nSPS) is 12.6. The van der Waals surface area contributed by atoms with Crippen LogP contribution in [0.2, 0.25) is 0 Å². The zero-order chi connectivity index (χ0) is 26.1. The molecule has 12 nitrogen and oxygen atoms in total. The summed E-state index contributed by atoms with van der Waals surface area (Å²) in [5.41, 5.74) is 10.7. The first-order chi connectivity index (χ1) is 16.2. The van der Waals surface area contributed by atoms with Crippen LogP contribution < -0.4 is 16.1 Å². The van der Waals surface area contributed by atoms with Gasteiger partial charge in [-0.25, -0.2) is 10.1 Å². The lowest BCUT2D eigenvalue weighted by molar-refractivity contribution is -0.873. The number of carbonyl (C=O) groups is 1. The number of benzene rings is 1. The van der Waals surface area contributed by atoms with Gasteiger partial charge in [0.15, 0.2) is 5.69 Å². The van der Waals surface area contributed by atoms with Crippen molar-refractivity contribution < 1.29 is 19.4 Å². The minimum atomic E-state index is -0.537. The number of anilines is 1. The largest absolute Gasteiger partial charge is 0.507 e. The Kier molecular flexibility index (Phi) is 6.97. The van der Waals surface area contributed by atoms with Crippen LogP contribution in [0.25, 0.3) is 5.82 Å². The van der Waals surface area contributed by atoms with Crippen molar-refractivity contribution in [2.45, 2.75) is 58.9 Å². The van der Waals surface area contributed by atoms with Crippen LogP contribution in [0.1, 0.15) is 74.4 Å². The number of nitrogen functional groups attached to an aromatic ring is 1. The van der Waals surface area contributed by atoms with Gasteiger partial charge in [-0.2, -0.15) is 9.78 Å². The van der Waals surface area contributed by atoms with E-state index in [9.17, 15) is 9.90 Å². The zero-order valence-corrected chi connectivity index (χ0v) is 21.5. The van der Waals surface area contributed by atoms with Crippen molar-refractivity contribution in [1.82, 2.24) is 30.7 Å². The molecule has 35 heavy (non-hydrogen) atoms. The Hall–Kier alpha value is -3.80. The molecular formula is C23H34N9O3+. The van der Waals surface area contributed by atoms with Crippen LogP contribution in [0.5, 0.6) is 5.75 Å². The lowest BCUT2D eigenvalue weighted by Gasteiger charge is -2.27. The second-order valence-electron chi connectivity index (χ2n) is 10.8. The molecule has 0 unspecified atom stereocenters. The van der Waals surface area contributed by atoms with E-state index in [2.05, 4.69) is 35.8 Å². The first-order valence-corrected chi connectivity index (χ1v) is 11.2. The molecule has 0 spiro atoms. The summed E-state index contributed by atoms with van der Waals surface area (Å²) in [6.07, 6.45) is 1.54. The molecule has 0 bridgehead atoms. The summed E-state index contributed by atoms with van der Waals surface area (Å²) in [6.45, 7) is 12.6. The lowest BCUT2D eigenvalue weighted by atomic mass is 9.78. The number of phenolic OH excluding ortho intramolecular Hbond substituents is 1. The highest BCUT2D eigenvalue weighted by molar-refractivity contribution is 5.94. The van der Waals surface area contributed by atoms with E-state index >= 15 is 0 Å². The number of nitrogens with two attached hydrogens (primary N) is 1. The first-order valence-electron chi connectivity index (χ1n) is 11.2. The van der Waals surface area contributed by atoms with Crippen LogP contribution in [0.3, 0.4) is 0 Å². The van der Waals surface area contributed by atoms with Gasteiger partial charge in [-0.3, -0.25) is 4.79 Å². The molecule has 0 radical (unpaired) electrons. The maximum Gasteiger partial charge on any atom is 0.294 e. The Labute approximate surface area is 204 Å². The molecule has 0 aliphatic carbocycles. The Balaban J connectivity index is 1.92. The smallest absolute Gasteiger partial charge is 0.294 e. The number of hydrazone groups is 1. The summed E-state index contributed by atoms with van der Waals surface area (Å²) >= 11 is 0. The Morgan fingerprint density at radius 2 is 1.77 bits per heavy atom. The number of hydrogen-bond acceptors (Lipinski definition) is 9. The predicted molar refractivity (Wildman–Crippen MR) is 131 cm³/mol. The molecule has 0 saturated carbocycles. The molecule has 1 aromatic carbocycles. The second kappa shape index (κ2) is 9.45. The number of hydrogen-bond donors (Lipinski definition) is 4. The van der Waals surface area contributed by atoms with Crippen LogP contribution >= 0.6 is 0 Å². The molecule has 3 rings (SSSR count). The minimum Gasteiger partial charge on any atom is -0.507 e. The number of quaternary nitrogens is 1. The van der Waals surface area contributed by atoms with Crippen LogP contribution in [0, 0.1) is 0 Å². The van der Waals surface area contributed by atoms with Gasteiger partial charge in [-0.1, -0.05) is 46.8 Å². The third-order valence-corrected chi connectivity index (χ3v) is 5.32. The Morgan fingerprint density at radius 3 is 2.26 bits per heavy atom. The minimum absolute atomic E-state index is 0.0338. The molecule has 2 heterocycles. The molecule has 2 aromatic heterocycles. The summed E-state index contributed by atoms with van der Waals surface area (Å²) < 4.78 is 5.99. The molecule has 1 amide bonds. The van der Waals surface area contributed by atoms with E-state index in [1.165, 1.54) is 4.68 Å². The summed E-state index contributed by atoms with van der Waals surface area (Å²) in [6, 6.07) is 3.75. The molecular weight excluding hydrogens is 450 g/mol. The molecule has 3 aromatic rings. The molecule has 0 aliphatic heterocycles. The number of nitrogens with one attached hydrogen (secondary N) is 2. The van der Waals surface area contributed by atoms with E-state index in [1.54, 1.807) is 6.21 Å². The number of aromatic nitrogens is 5. The van der Waals surface area contributed by atoms with E-state index in [-0.39, 0.29) is 33.9 Å². The highest BCUT2D eigenvalue weighted by Gasteiger charge is 2.27. The number of carbonyl (C=O) groups excluding carboxylic acids is 1. The fourth-order valence-electron chi connectivity index (χ4n) is 3.57. The van der Waals surface area contributed by atoms with Gasteiger partial charge in [0.05, 0.1) is 20.3 Å². The van der Waals surface area contributed by atoms with Gasteiger partial charge < -0.3 is 15.7 Å². The summed E-state index contributed by atoms with van der Waals surface area (Å²) in [4.78, 5) is 14.0. The van der Waals surface area contributed by atoms with Crippen molar-refractivity contribution in [3.63, 3.8) is 0 Å². The van der Waals surface area contributed by atoms with Gasteiger partial charge in [0.25, 0.3) is 5.91 Å². The van der Waals surface area contributed by atoms with Crippen LogP contribution in [0.15, 0.2) is 21.9 Å². The van der Waals surface area contributed by atoms with Crippen molar-refractivity contribution in [2.24, 2.45) is 5.10 Å². The van der Waals surface area contributed by atoms with Crippen molar-refractivity contribution in [3.05, 3.63) is 40.2 Å². The van der Waals surface area contributed by atoms with Crippen molar-refractivity contribution in [1.29, 1.82) is 0 Å². The van der Waals surface area contributed by atoms with Gasteiger partial charge in [0, 0.05) is 11.1 Å². The first kappa shape index (κ1) is 25.8. The van der Waals surface area contributed by atoms with Gasteiger partial charge >= 0.3 is 0 Å². The highest BCUT2D eigenvalue weighted by atomic mass is 16.6. The lowest BCUT2D eigenvalue weighted by Crippen LogP contribution is -3.04. The molecule has 12 heteroatoms. The number of phenols is 1. The summed E-state index contributed by atoms with van der Waals surface area (Å²) in [5, 5.41) is 30.4. The maximum atomic E-state index is 12.9. The molecule has 5 N–H and O–H groups in total. The van der Waals surface area contributed by atoms with E-state index in [0.717, 1.165) is 21.6 Å². The quantitative estimate of drug-likeness (QED) is 0.297. The fourth-order valence-corrected chi connectivity index (χ4v) is 3.57. The third-order valence-electron chi connectivity index (χ3n) is 5.32. The number of nitrogens with zero attached hydrogens (tertiary/aromatic N) is 6. The van der Waals surface area contributed by atoms with E-state index in [0.29, 0.717) is 12.2 Å². The molecule has 188 valence electrons. The monoisotopic (exact) mass is 484 g/mol. The number of rotatable bonds is 6. The van der Waals surface area contributed by atoms with Gasteiger partial charge in [0.2, 0.25) is 11.6 Å². The molecule has 0 aliphatic rings. The SMILES string of the molecule is C[NH+](C)Cc1c(C(=O)NN=Cc2cc(C(C)(C)C)c(O)c(C(C)(C)C)c2)nnn1-c1nonc1N. The standard InChI is InChI=1S/C23H33N9O3/c1-22(2,3)14-9-13(10-15(18(14)33)23(4,5)6)11-25-27-21(34)17-16(12-31(7)8)32(30-26-17)20-19(24)28-35-29-20/h9-11,33H,12H2,1-8H3,(H2,24,28)(H,27,34)/p+1. The van der Waals surface area contributed by atoms with Crippen LogP contribution in [-0.4, -0.2) is 56.6 Å². The average Bonchev–Trinajstić information content (AvgIpc) is 3.32. The topological polar surface area (TPSA) is 162 Å². The summed E-state index contributed by atoms with van der Waals surface area (Å²) in [7, 11) is 3.85. The van der Waals surface area contributed by atoms with E-state index in [1.807, 2.05) is 67.8 Å². The summed E-state index contributed by atoms with van der Waals surface area (Å²) in [5.74, 6) is -0.0683. The molecule has 0 saturated heterocycles. The average molecular weight is 485 g/mol. The van der Waals surface area contributed by atoms with Crippen LogP contribution in [-0.2, 0) is 17.4 Å². The highest BCUT2D eigenvalue weighted by Crippen LogP contribution is 2.39. The fraction of sp³-hybridized carbons (Fsp3) is 0.478. The zero-order valence-electron chi connectivity index (χ0n) is 21.5. The van der Waals surface area contributed by atoms with Crippen molar-refractivity contribution in [3.8, 4) is 11.6 Å². The Morgan fingerprint density at radius 1 is 1.17 bits per heavy atom. The Bertz CT molecular complexity index is 1210. The van der Waals surface area contributed by atoms with Crippen LogP contribution in [0.4, 0.5) is 5.82 Å².